The molecule has 2 saturated heterocycles. The summed E-state index contributed by atoms with van der Waals surface area (Å²) in [5.74, 6) is 0.788. The van der Waals surface area contributed by atoms with Crippen LogP contribution in [0.3, 0.4) is 0 Å². The molecule has 2 nitrogen and oxygen atoms in total. The van der Waals surface area contributed by atoms with Crippen molar-refractivity contribution in [2.24, 2.45) is 5.92 Å². The SMILES string of the molecule is CC(C)CN1CCC2(CCCO2)C1. The van der Waals surface area contributed by atoms with E-state index in [4.69, 9.17) is 4.74 Å². The maximum Gasteiger partial charge on any atom is 0.0821 e. The zero-order valence-corrected chi connectivity index (χ0v) is 8.88. The van der Waals surface area contributed by atoms with Gasteiger partial charge in [0.25, 0.3) is 0 Å². The van der Waals surface area contributed by atoms with Gasteiger partial charge >= 0.3 is 0 Å². The Labute approximate surface area is 81.3 Å². The van der Waals surface area contributed by atoms with Crippen molar-refractivity contribution in [2.45, 2.75) is 38.7 Å². The second-order valence-corrected chi connectivity index (χ2v) is 5.01. The highest BCUT2D eigenvalue weighted by Gasteiger charge is 2.41. The van der Waals surface area contributed by atoms with Crippen LogP contribution in [-0.4, -0.2) is 36.7 Å². The minimum atomic E-state index is 0.273. The average molecular weight is 183 g/mol. The van der Waals surface area contributed by atoms with Gasteiger partial charge in [0.15, 0.2) is 0 Å². The van der Waals surface area contributed by atoms with Crippen LogP contribution < -0.4 is 0 Å². The van der Waals surface area contributed by atoms with Gasteiger partial charge in [-0.15, -0.1) is 0 Å². The number of nitrogens with zero attached hydrogens (tertiary/aromatic N) is 1. The number of hydrogen-bond acceptors (Lipinski definition) is 2. The molecule has 76 valence electrons. The van der Waals surface area contributed by atoms with E-state index in [1.54, 1.807) is 0 Å². The smallest absolute Gasteiger partial charge is 0.0821 e. The molecule has 2 aliphatic heterocycles. The van der Waals surface area contributed by atoms with E-state index in [0.717, 1.165) is 12.5 Å². The monoisotopic (exact) mass is 183 g/mol. The zero-order valence-electron chi connectivity index (χ0n) is 8.88. The third kappa shape index (κ3) is 2.05. The van der Waals surface area contributed by atoms with E-state index in [2.05, 4.69) is 18.7 Å². The van der Waals surface area contributed by atoms with Crippen molar-refractivity contribution in [1.82, 2.24) is 4.90 Å². The van der Waals surface area contributed by atoms with Crippen molar-refractivity contribution in [3.05, 3.63) is 0 Å². The van der Waals surface area contributed by atoms with Crippen LogP contribution in [0.4, 0.5) is 0 Å². The molecule has 0 bridgehead atoms. The largest absolute Gasteiger partial charge is 0.374 e. The first-order valence-electron chi connectivity index (χ1n) is 5.57. The van der Waals surface area contributed by atoms with Crippen LogP contribution >= 0.6 is 0 Å². The van der Waals surface area contributed by atoms with Crippen molar-refractivity contribution in [3.8, 4) is 0 Å². The third-order valence-electron chi connectivity index (χ3n) is 3.20. The fraction of sp³-hybridized carbons (Fsp3) is 1.00. The second-order valence-electron chi connectivity index (χ2n) is 5.01. The molecule has 0 amide bonds. The van der Waals surface area contributed by atoms with Gasteiger partial charge in [0, 0.05) is 26.2 Å². The Morgan fingerprint density at radius 3 is 2.85 bits per heavy atom. The highest BCUT2D eigenvalue weighted by molar-refractivity contribution is 4.94. The minimum absolute atomic E-state index is 0.273. The van der Waals surface area contributed by atoms with Crippen LogP contribution in [0, 0.1) is 5.92 Å². The zero-order chi connectivity index (χ0) is 9.31. The standard InChI is InChI=1S/C11H21NO/c1-10(2)8-12-6-5-11(9-12)4-3-7-13-11/h10H,3-9H2,1-2H3. The Morgan fingerprint density at radius 2 is 2.23 bits per heavy atom. The summed E-state index contributed by atoms with van der Waals surface area (Å²) in [7, 11) is 0. The normalized spacial score (nSPS) is 35.3. The summed E-state index contributed by atoms with van der Waals surface area (Å²) in [6, 6.07) is 0. The molecule has 1 atom stereocenters. The van der Waals surface area contributed by atoms with E-state index in [1.807, 2.05) is 0 Å². The number of hydrogen-bond donors (Lipinski definition) is 0. The maximum atomic E-state index is 5.87. The van der Waals surface area contributed by atoms with Crippen LogP contribution in [0.15, 0.2) is 0 Å². The van der Waals surface area contributed by atoms with Crippen molar-refractivity contribution in [1.29, 1.82) is 0 Å². The number of ether oxygens (including phenoxy) is 1. The van der Waals surface area contributed by atoms with Crippen molar-refractivity contribution in [2.75, 3.05) is 26.2 Å². The molecule has 2 fully saturated rings. The van der Waals surface area contributed by atoms with E-state index in [0.29, 0.717) is 0 Å². The molecule has 13 heavy (non-hydrogen) atoms. The van der Waals surface area contributed by atoms with Gasteiger partial charge in [0.2, 0.25) is 0 Å². The third-order valence-corrected chi connectivity index (χ3v) is 3.20. The van der Waals surface area contributed by atoms with Gasteiger partial charge < -0.3 is 9.64 Å². The summed E-state index contributed by atoms with van der Waals surface area (Å²) in [5.41, 5.74) is 0.273. The fourth-order valence-corrected chi connectivity index (χ4v) is 2.68. The van der Waals surface area contributed by atoms with Gasteiger partial charge in [0.1, 0.15) is 0 Å². The molecule has 2 heteroatoms. The minimum Gasteiger partial charge on any atom is -0.374 e. The number of rotatable bonds is 2. The lowest BCUT2D eigenvalue weighted by Gasteiger charge is -2.24. The summed E-state index contributed by atoms with van der Waals surface area (Å²) >= 11 is 0. The lowest BCUT2D eigenvalue weighted by atomic mass is 10.00. The summed E-state index contributed by atoms with van der Waals surface area (Å²) < 4.78 is 5.87. The quantitative estimate of drug-likeness (QED) is 0.648. The lowest BCUT2D eigenvalue weighted by molar-refractivity contribution is 0.0120. The molecule has 1 unspecified atom stereocenters. The highest BCUT2D eigenvalue weighted by atomic mass is 16.5. The molecular formula is C11H21NO. The molecular weight excluding hydrogens is 162 g/mol. The Morgan fingerprint density at radius 1 is 1.38 bits per heavy atom. The van der Waals surface area contributed by atoms with E-state index < -0.39 is 0 Å². The summed E-state index contributed by atoms with van der Waals surface area (Å²) in [6.07, 6.45) is 3.83. The molecule has 0 aromatic rings. The Bertz CT molecular complexity index is 173. The van der Waals surface area contributed by atoms with Crippen LogP contribution in [0.1, 0.15) is 33.1 Å². The maximum absolute atomic E-state index is 5.87. The molecule has 0 aromatic heterocycles. The summed E-state index contributed by atoms with van der Waals surface area (Å²) in [5, 5.41) is 0. The van der Waals surface area contributed by atoms with Gasteiger partial charge in [-0.25, -0.2) is 0 Å². The molecule has 0 aromatic carbocycles. The molecule has 0 N–H and O–H groups in total. The average Bonchev–Trinajstić information content (AvgIpc) is 2.63. The first-order chi connectivity index (χ1) is 6.20. The number of likely N-dealkylation sites (tertiary alicyclic amines) is 1. The summed E-state index contributed by atoms with van der Waals surface area (Å²) in [6.45, 7) is 9.25. The van der Waals surface area contributed by atoms with E-state index in [1.165, 1.54) is 38.9 Å². The predicted molar refractivity (Wildman–Crippen MR) is 53.8 cm³/mol. The van der Waals surface area contributed by atoms with E-state index in [-0.39, 0.29) is 5.60 Å². The van der Waals surface area contributed by atoms with Crippen LogP contribution in [-0.2, 0) is 4.74 Å². The van der Waals surface area contributed by atoms with Crippen molar-refractivity contribution < 1.29 is 4.74 Å². The molecule has 2 heterocycles. The van der Waals surface area contributed by atoms with Gasteiger partial charge in [-0.1, -0.05) is 13.8 Å². The second kappa shape index (κ2) is 3.58. The van der Waals surface area contributed by atoms with Gasteiger partial charge in [-0.3, -0.25) is 0 Å². The Balaban J connectivity index is 1.86. The van der Waals surface area contributed by atoms with Crippen LogP contribution in [0.2, 0.25) is 0 Å². The topological polar surface area (TPSA) is 12.5 Å². The highest BCUT2D eigenvalue weighted by Crippen LogP contribution is 2.34. The van der Waals surface area contributed by atoms with E-state index in [9.17, 15) is 0 Å². The Kier molecular flexibility index (Phi) is 2.61. The van der Waals surface area contributed by atoms with Gasteiger partial charge in [0.05, 0.1) is 5.60 Å². The fourth-order valence-electron chi connectivity index (χ4n) is 2.68. The van der Waals surface area contributed by atoms with Gasteiger partial charge in [-0.05, 0) is 25.2 Å². The molecule has 2 aliphatic rings. The van der Waals surface area contributed by atoms with Gasteiger partial charge in [-0.2, -0.15) is 0 Å². The van der Waals surface area contributed by atoms with E-state index >= 15 is 0 Å². The molecule has 1 spiro atoms. The lowest BCUT2D eigenvalue weighted by Crippen LogP contribution is -2.33. The predicted octanol–water partition coefficient (Wildman–Crippen LogP) is 1.90. The van der Waals surface area contributed by atoms with Crippen molar-refractivity contribution in [3.63, 3.8) is 0 Å². The first-order valence-corrected chi connectivity index (χ1v) is 5.57. The molecule has 0 aliphatic carbocycles. The molecule has 0 saturated carbocycles. The molecule has 0 radical (unpaired) electrons. The molecule has 2 rings (SSSR count). The van der Waals surface area contributed by atoms with Crippen molar-refractivity contribution >= 4 is 0 Å². The first kappa shape index (κ1) is 9.47. The van der Waals surface area contributed by atoms with Crippen LogP contribution in [0.5, 0.6) is 0 Å². The van der Waals surface area contributed by atoms with Crippen LogP contribution in [0.25, 0.3) is 0 Å². The summed E-state index contributed by atoms with van der Waals surface area (Å²) in [4.78, 5) is 2.57. The Hall–Kier alpha value is -0.0800.